The third-order valence-corrected chi connectivity index (χ3v) is 4.13. The highest BCUT2D eigenvalue weighted by Gasteiger charge is 2.26. The molecule has 1 heterocycles. The number of carbonyl (C=O) groups excluding carboxylic acids is 1. The molecular formula is C16H33N3O2. The minimum absolute atomic E-state index is 0.201. The summed E-state index contributed by atoms with van der Waals surface area (Å²) in [6.07, 6.45) is 3.70. The zero-order valence-electron chi connectivity index (χ0n) is 14.0. The summed E-state index contributed by atoms with van der Waals surface area (Å²) in [5, 5.41) is 6.28. The van der Waals surface area contributed by atoms with E-state index in [2.05, 4.69) is 22.5 Å². The minimum Gasteiger partial charge on any atom is -0.382 e. The smallest absolute Gasteiger partial charge is 0.220 e. The van der Waals surface area contributed by atoms with Crippen LogP contribution in [0.4, 0.5) is 0 Å². The minimum atomic E-state index is 0.201. The van der Waals surface area contributed by atoms with Gasteiger partial charge < -0.3 is 20.3 Å². The van der Waals surface area contributed by atoms with Crippen molar-refractivity contribution in [1.82, 2.24) is 15.5 Å². The van der Waals surface area contributed by atoms with E-state index in [0.717, 1.165) is 58.7 Å². The Balaban J connectivity index is 2.18. The summed E-state index contributed by atoms with van der Waals surface area (Å²) in [4.78, 5) is 14.4. The van der Waals surface area contributed by atoms with Gasteiger partial charge in [-0.1, -0.05) is 6.92 Å². The summed E-state index contributed by atoms with van der Waals surface area (Å²) in [6, 6.07) is 0.343. The number of amides is 1. The van der Waals surface area contributed by atoms with Crippen LogP contribution < -0.4 is 10.6 Å². The number of rotatable bonds is 10. The largest absolute Gasteiger partial charge is 0.382 e. The molecule has 1 aliphatic heterocycles. The average molecular weight is 299 g/mol. The van der Waals surface area contributed by atoms with Crippen molar-refractivity contribution in [2.24, 2.45) is 5.92 Å². The van der Waals surface area contributed by atoms with Gasteiger partial charge in [-0.3, -0.25) is 4.79 Å². The Morgan fingerprint density at radius 3 is 2.86 bits per heavy atom. The fourth-order valence-electron chi connectivity index (χ4n) is 2.89. The maximum atomic E-state index is 11.9. The van der Waals surface area contributed by atoms with E-state index in [-0.39, 0.29) is 5.91 Å². The third-order valence-electron chi connectivity index (χ3n) is 4.13. The first-order valence-corrected chi connectivity index (χ1v) is 8.41. The molecule has 1 fully saturated rings. The molecule has 1 amide bonds. The summed E-state index contributed by atoms with van der Waals surface area (Å²) in [7, 11) is 1.92. The molecule has 0 aromatic heterocycles. The highest BCUT2D eigenvalue weighted by atomic mass is 16.5. The summed E-state index contributed by atoms with van der Waals surface area (Å²) in [6.45, 7) is 10.1. The summed E-state index contributed by atoms with van der Waals surface area (Å²) in [5.41, 5.74) is 0. The molecule has 5 nitrogen and oxygen atoms in total. The van der Waals surface area contributed by atoms with Gasteiger partial charge in [0.2, 0.25) is 5.91 Å². The van der Waals surface area contributed by atoms with Crippen LogP contribution in [0.1, 0.15) is 39.5 Å². The second kappa shape index (κ2) is 11.0. The van der Waals surface area contributed by atoms with E-state index < -0.39 is 0 Å². The van der Waals surface area contributed by atoms with Gasteiger partial charge in [0.15, 0.2) is 0 Å². The first-order chi connectivity index (χ1) is 10.2. The normalized spacial score (nSPS) is 23.2. The zero-order chi connectivity index (χ0) is 15.5. The molecule has 0 aromatic rings. The average Bonchev–Trinajstić information content (AvgIpc) is 2.47. The number of hydrogen-bond acceptors (Lipinski definition) is 4. The van der Waals surface area contributed by atoms with Crippen LogP contribution in [0, 0.1) is 5.92 Å². The van der Waals surface area contributed by atoms with E-state index in [1.165, 1.54) is 0 Å². The molecule has 0 spiro atoms. The van der Waals surface area contributed by atoms with Crippen molar-refractivity contribution in [2.75, 3.05) is 46.4 Å². The van der Waals surface area contributed by atoms with E-state index in [0.29, 0.717) is 18.4 Å². The quantitative estimate of drug-likeness (QED) is 0.596. The zero-order valence-corrected chi connectivity index (χ0v) is 14.0. The monoisotopic (exact) mass is 299 g/mol. The number of ether oxygens (including phenoxy) is 1. The Bertz CT molecular complexity index is 287. The van der Waals surface area contributed by atoms with Gasteiger partial charge >= 0.3 is 0 Å². The van der Waals surface area contributed by atoms with Gasteiger partial charge in [-0.25, -0.2) is 0 Å². The Morgan fingerprint density at radius 1 is 1.38 bits per heavy atom. The molecule has 5 heteroatoms. The second-order valence-electron chi connectivity index (χ2n) is 6.00. The number of carbonyl (C=O) groups is 1. The van der Waals surface area contributed by atoms with Crippen molar-refractivity contribution < 1.29 is 9.53 Å². The summed E-state index contributed by atoms with van der Waals surface area (Å²) < 4.78 is 5.38. The first-order valence-electron chi connectivity index (χ1n) is 8.41. The van der Waals surface area contributed by atoms with Crippen LogP contribution in [-0.2, 0) is 9.53 Å². The third kappa shape index (κ3) is 7.79. The van der Waals surface area contributed by atoms with Crippen molar-refractivity contribution in [2.45, 2.75) is 45.6 Å². The molecule has 0 radical (unpaired) electrons. The summed E-state index contributed by atoms with van der Waals surface area (Å²) >= 11 is 0. The maximum absolute atomic E-state index is 11.9. The maximum Gasteiger partial charge on any atom is 0.220 e. The molecule has 1 aliphatic rings. The number of nitrogens with zero attached hydrogens (tertiary/aromatic N) is 1. The van der Waals surface area contributed by atoms with Crippen LogP contribution in [0.2, 0.25) is 0 Å². The summed E-state index contributed by atoms with van der Waals surface area (Å²) in [5.74, 6) is 0.728. The molecule has 0 aromatic carbocycles. The van der Waals surface area contributed by atoms with Crippen LogP contribution in [0.15, 0.2) is 0 Å². The highest BCUT2D eigenvalue weighted by Crippen LogP contribution is 2.17. The molecule has 124 valence electrons. The van der Waals surface area contributed by atoms with Gasteiger partial charge in [-0.2, -0.15) is 0 Å². The standard InChI is InChI=1S/C16H33N3O2/c1-4-21-12-6-10-19-11-8-15(14(2)13-19)18-16(20)7-5-9-17-3/h14-15,17H,4-13H2,1-3H3,(H,18,20). The van der Waals surface area contributed by atoms with E-state index in [9.17, 15) is 4.79 Å². The second-order valence-corrected chi connectivity index (χ2v) is 6.00. The molecule has 1 rings (SSSR count). The molecule has 21 heavy (non-hydrogen) atoms. The predicted molar refractivity (Wildman–Crippen MR) is 86.4 cm³/mol. The van der Waals surface area contributed by atoms with Crippen LogP contribution in [-0.4, -0.2) is 63.3 Å². The lowest BCUT2D eigenvalue weighted by Gasteiger charge is -2.37. The molecule has 2 atom stereocenters. The lowest BCUT2D eigenvalue weighted by Crippen LogP contribution is -2.50. The van der Waals surface area contributed by atoms with Crippen LogP contribution in [0.25, 0.3) is 0 Å². The first kappa shape index (κ1) is 18.4. The predicted octanol–water partition coefficient (Wildman–Crippen LogP) is 1.24. The molecule has 0 saturated carbocycles. The Hall–Kier alpha value is -0.650. The van der Waals surface area contributed by atoms with Gasteiger partial charge in [-0.15, -0.1) is 0 Å². The Morgan fingerprint density at radius 2 is 2.19 bits per heavy atom. The lowest BCUT2D eigenvalue weighted by atomic mass is 9.93. The van der Waals surface area contributed by atoms with Crippen LogP contribution in [0.3, 0.4) is 0 Å². The lowest BCUT2D eigenvalue weighted by molar-refractivity contribution is -0.122. The van der Waals surface area contributed by atoms with E-state index in [4.69, 9.17) is 4.74 Å². The van der Waals surface area contributed by atoms with Gasteiger partial charge in [0.25, 0.3) is 0 Å². The fraction of sp³-hybridized carbons (Fsp3) is 0.938. The van der Waals surface area contributed by atoms with E-state index >= 15 is 0 Å². The van der Waals surface area contributed by atoms with Crippen LogP contribution >= 0.6 is 0 Å². The number of likely N-dealkylation sites (tertiary alicyclic amines) is 1. The van der Waals surface area contributed by atoms with Crippen molar-refractivity contribution in [3.05, 3.63) is 0 Å². The van der Waals surface area contributed by atoms with Gasteiger partial charge in [0.05, 0.1) is 0 Å². The molecule has 2 unspecified atom stereocenters. The highest BCUT2D eigenvalue weighted by molar-refractivity contribution is 5.76. The molecule has 1 saturated heterocycles. The molecular weight excluding hydrogens is 266 g/mol. The van der Waals surface area contributed by atoms with Crippen molar-refractivity contribution in [3.8, 4) is 0 Å². The van der Waals surface area contributed by atoms with Crippen molar-refractivity contribution >= 4 is 5.91 Å². The topological polar surface area (TPSA) is 53.6 Å². The Kier molecular flexibility index (Phi) is 9.63. The van der Waals surface area contributed by atoms with Gasteiger partial charge in [-0.05, 0) is 45.7 Å². The van der Waals surface area contributed by atoms with E-state index in [1.54, 1.807) is 0 Å². The van der Waals surface area contributed by atoms with Gasteiger partial charge in [0.1, 0.15) is 0 Å². The molecule has 0 bridgehead atoms. The number of hydrogen-bond donors (Lipinski definition) is 2. The molecule has 0 aliphatic carbocycles. The van der Waals surface area contributed by atoms with Crippen LogP contribution in [0.5, 0.6) is 0 Å². The molecule has 2 N–H and O–H groups in total. The number of nitrogens with one attached hydrogen (secondary N) is 2. The fourth-order valence-corrected chi connectivity index (χ4v) is 2.89. The van der Waals surface area contributed by atoms with Crippen molar-refractivity contribution in [3.63, 3.8) is 0 Å². The SMILES string of the molecule is CCOCCCN1CCC(NC(=O)CCCNC)C(C)C1. The van der Waals surface area contributed by atoms with Crippen molar-refractivity contribution in [1.29, 1.82) is 0 Å². The van der Waals surface area contributed by atoms with E-state index in [1.807, 2.05) is 14.0 Å². The number of piperidine rings is 1. The Labute approximate surface area is 129 Å². The van der Waals surface area contributed by atoms with Gasteiger partial charge in [0, 0.05) is 45.3 Å².